The summed E-state index contributed by atoms with van der Waals surface area (Å²) in [5.41, 5.74) is -0.568. The minimum atomic E-state index is -5.08. The lowest BCUT2D eigenvalue weighted by molar-refractivity contribution is -0.131. The molecule has 3 unspecified atom stereocenters. The predicted molar refractivity (Wildman–Crippen MR) is 90.8 cm³/mol. The number of rotatable bonds is 5. The van der Waals surface area contributed by atoms with Gasteiger partial charge in [-0.3, -0.25) is 4.68 Å². The summed E-state index contributed by atoms with van der Waals surface area (Å²) in [7, 11) is -5.08. The lowest BCUT2D eigenvalue weighted by Crippen LogP contribution is -2.58. The Morgan fingerprint density at radius 3 is 2.10 bits per heavy atom. The van der Waals surface area contributed by atoms with Crippen molar-refractivity contribution >= 4 is 10.0 Å². The predicted octanol–water partition coefficient (Wildman–Crippen LogP) is 3.05. The second-order valence-electron chi connectivity index (χ2n) is 7.61. The Morgan fingerprint density at radius 2 is 1.62 bits per heavy atom. The van der Waals surface area contributed by atoms with Crippen LogP contribution < -0.4 is 4.72 Å². The highest BCUT2D eigenvalue weighted by Crippen LogP contribution is 2.38. The Balaban J connectivity index is 1.93. The van der Waals surface area contributed by atoms with Crippen LogP contribution in [0.4, 0.5) is 22.0 Å². The number of aromatic nitrogens is 2. The van der Waals surface area contributed by atoms with Crippen molar-refractivity contribution in [2.45, 2.75) is 55.9 Å². The van der Waals surface area contributed by atoms with Crippen LogP contribution in [0.3, 0.4) is 0 Å². The lowest BCUT2D eigenvalue weighted by atomic mass is 9.83. The monoisotopic (exact) mass is 439 g/mol. The Labute approximate surface area is 163 Å². The number of nitrogens with one attached hydrogen (secondary N) is 1. The quantitative estimate of drug-likeness (QED) is 0.442. The average molecular weight is 439 g/mol. The molecule has 0 saturated heterocycles. The van der Waals surface area contributed by atoms with Gasteiger partial charge in [0.2, 0.25) is 15.8 Å². The summed E-state index contributed by atoms with van der Waals surface area (Å²) in [6.45, 7) is 5.37. The van der Waals surface area contributed by atoms with Gasteiger partial charge in [-0.05, 0) is 33.3 Å². The molecule has 1 aliphatic rings. The van der Waals surface area contributed by atoms with Crippen LogP contribution in [-0.4, -0.2) is 35.9 Å². The molecule has 1 N–H and O–H groups in total. The Bertz CT molecular complexity index is 993. The van der Waals surface area contributed by atoms with E-state index in [4.69, 9.17) is 4.74 Å². The Hall–Kier alpha value is -2.05. The third-order valence-electron chi connectivity index (χ3n) is 4.36. The van der Waals surface area contributed by atoms with Crippen LogP contribution in [0, 0.1) is 29.1 Å². The molecule has 0 aliphatic heterocycles. The molecule has 3 atom stereocenters. The van der Waals surface area contributed by atoms with Crippen LogP contribution in [-0.2, 0) is 14.8 Å². The van der Waals surface area contributed by atoms with E-state index in [2.05, 4.69) is 5.10 Å². The fraction of sp³-hybridized carbons (Fsp3) is 0.471. The fourth-order valence-electron chi connectivity index (χ4n) is 3.17. The van der Waals surface area contributed by atoms with E-state index in [1.54, 1.807) is 33.0 Å². The van der Waals surface area contributed by atoms with Crippen molar-refractivity contribution < 1.29 is 35.1 Å². The highest BCUT2D eigenvalue weighted by molar-refractivity contribution is 7.89. The Kier molecular flexibility index (Phi) is 5.47. The number of nitrogens with zero attached hydrogens (tertiary/aromatic N) is 2. The first-order valence-corrected chi connectivity index (χ1v) is 10.0. The van der Waals surface area contributed by atoms with Gasteiger partial charge in [0.15, 0.2) is 28.2 Å². The number of hydrogen-bond acceptors (Lipinski definition) is 4. The molecule has 12 heteroatoms. The van der Waals surface area contributed by atoms with E-state index >= 15 is 0 Å². The minimum absolute atomic E-state index is 0.108. The molecule has 29 heavy (non-hydrogen) atoms. The molecule has 0 spiro atoms. The van der Waals surface area contributed by atoms with Gasteiger partial charge in [0.1, 0.15) is 0 Å². The molecule has 1 aliphatic carbocycles. The number of sulfonamides is 1. The van der Waals surface area contributed by atoms with Gasteiger partial charge in [0.25, 0.3) is 0 Å². The second kappa shape index (κ2) is 7.33. The number of benzene rings is 1. The van der Waals surface area contributed by atoms with E-state index in [1.165, 1.54) is 10.9 Å². The van der Waals surface area contributed by atoms with Gasteiger partial charge in [-0.25, -0.2) is 35.1 Å². The summed E-state index contributed by atoms with van der Waals surface area (Å²) in [6, 6.07) is -0.0373. The van der Waals surface area contributed by atoms with Crippen molar-refractivity contribution in [3.8, 4) is 0 Å². The van der Waals surface area contributed by atoms with Crippen LogP contribution >= 0.6 is 0 Å². The fourth-order valence-corrected chi connectivity index (χ4v) is 4.58. The third-order valence-corrected chi connectivity index (χ3v) is 5.87. The molecule has 1 saturated carbocycles. The van der Waals surface area contributed by atoms with Crippen molar-refractivity contribution in [3.63, 3.8) is 0 Å². The normalized spacial score (nSPS) is 22.6. The maximum Gasteiger partial charge on any atom is 0.246 e. The molecule has 0 radical (unpaired) electrons. The SMILES string of the molecule is CC(C)(C)OC1CC(NS(=O)(=O)c2c(F)c(F)c(F)c(F)c2F)C1n1cccn1. The van der Waals surface area contributed by atoms with Crippen LogP contribution in [0.5, 0.6) is 0 Å². The van der Waals surface area contributed by atoms with E-state index in [-0.39, 0.29) is 6.42 Å². The standard InChI is InChI=1S/C17H18F5N3O3S/c1-17(2,3)28-9-7-8(15(9)25-6-4-5-23-25)24-29(26,27)16-13(21)11(19)10(18)12(20)14(16)22/h4-6,8-9,15,24H,7H2,1-3H3. The molecule has 160 valence electrons. The van der Waals surface area contributed by atoms with Crippen molar-refractivity contribution in [3.05, 3.63) is 47.5 Å². The molecule has 1 aromatic carbocycles. The molecule has 1 heterocycles. The van der Waals surface area contributed by atoms with Gasteiger partial charge in [0, 0.05) is 18.4 Å². The van der Waals surface area contributed by atoms with Gasteiger partial charge in [-0.2, -0.15) is 5.10 Å². The summed E-state index contributed by atoms with van der Waals surface area (Å²) in [4.78, 5) is -1.92. The zero-order valence-corrected chi connectivity index (χ0v) is 16.4. The first-order valence-electron chi connectivity index (χ1n) is 8.54. The highest BCUT2D eigenvalue weighted by atomic mass is 32.2. The molecule has 0 bridgehead atoms. The summed E-state index contributed by atoms with van der Waals surface area (Å²) < 4.78 is 102. The van der Waals surface area contributed by atoms with Crippen molar-refractivity contribution in [2.24, 2.45) is 0 Å². The first-order chi connectivity index (χ1) is 13.3. The van der Waals surface area contributed by atoms with Gasteiger partial charge >= 0.3 is 0 Å². The Morgan fingerprint density at radius 1 is 1.07 bits per heavy atom. The number of halogens is 5. The smallest absolute Gasteiger partial charge is 0.246 e. The molecule has 2 aromatic rings. The molecule has 0 amide bonds. The van der Waals surface area contributed by atoms with Gasteiger partial charge < -0.3 is 4.74 Å². The molecular weight excluding hydrogens is 421 g/mol. The van der Waals surface area contributed by atoms with Crippen LogP contribution in [0.2, 0.25) is 0 Å². The van der Waals surface area contributed by atoms with Crippen LogP contribution in [0.1, 0.15) is 33.2 Å². The summed E-state index contributed by atoms with van der Waals surface area (Å²) >= 11 is 0. The van der Waals surface area contributed by atoms with Crippen molar-refractivity contribution in [2.75, 3.05) is 0 Å². The maximum absolute atomic E-state index is 14.0. The second-order valence-corrected chi connectivity index (χ2v) is 9.26. The van der Waals surface area contributed by atoms with E-state index < -0.39 is 67.8 Å². The topological polar surface area (TPSA) is 73.2 Å². The first kappa shape index (κ1) is 21.7. The van der Waals surface area contributed by atoms with Crippen LogP contribution in [0.15, 0.2) is 23.4 Å². The molecule has 1 fully saturated rings. The zero-order valence-electron chi connectivity index (χ0n) is 15.6. The molecule has 3 rings (SSSR count). The average Bonchev–Trinajstić information content (AvgIpc) is 3.09. The van der Waals surface area contributed by atoms with Crippen molar-refractivity contribution in [1.29, 1.82) is 0 Å². The van der Waals surface area contributed by atoms with Gasteiger partial charge in [-0.15, -0.1) is 0 Å². The third kappa shape index (κ3) is 4.01. The summed E-state index contributed by atoms with van der Waals surface area (Å²) in [5.74, 6) is -12.0. The summed E-state index contributed by atoms with van der Waals surface area (Å²) in [6.07, 6.45) is 2.61. The van der Waals surface area contributed by atoms with Gasteiger partial charge in [-0.1, -0.05) is 0 Å². The highest BCUT2D eigenvalue weighted by Gasteiger charge is 2.48. The van der Waals surface area contributed by atoms with E-state index in [0.717, 1.165) is 0 Å². The zero-order chi connectivity index (χ0) is 21.7. The molecular formula is C17H18F5N3O3S. The number of ether oxygens (including phenoxy) is 1. The van der Waals surface area contributed by atoms with Gasteiger partial charge in [0.05, 0.1) is 17.7 Å². The minimum Gasteiger partial charge on any atom is -0.370 e. The maximum atomic E-state index is 14.0. The van der Waals surface area contributed by atoms with Crippen LogP contribution in [0.25, 0.3) is 0 Å². The lowest BCUT2D eigenvalue weighted by Gasteiger charge is -2.46. The van der Waals surface area contributed by atoms with E-state index in [9.17, 15) is 30.4 Å². The van der Waals surface area contributed by atoms with Crippen molar-refractivity contribution in [1.82, 2.24) is 14.5 Å². The summed E-state index contributed by atoms with van der Waals surface area (Å²) in [5, 5.41) is 4.03. The number of hydrogen-bond donors (Lipinski definition) is 1. The largest absolute Gasteiger partial charge is 0.370 e. The molecule has 1 aromatic heterocycles. The molecule has 6 nitrogen and oxygen atoms in total. The van der Waals surface area contributed by atoms with E-state index in [0.29, 0.717) is 0 Å². The van der Waals surface area contributed by atoms with E-state index in [1.807, 2.05) is 4.72 Å².